The quantitative estimate of drug-likeness (QED) is 0.479. The Morgan fingerprint density at radius 3 is 2.75 bits per heavy atom. The predicted octanol–water partition coefficient (Wildman–Crippen LogP) is 1.19. The highest BCUT2D eigenvalue weighted by Gasteiger charge is 2.31. The van der Waals surface area contributed by atoms with Crippen LogP contribution in [0.25, 0.3) is 0 Å². The topological polar surface area (TPSA) is 17.1 Å². The van der Waals surface area contributed by atoms with Gasteiger partial charge < -0.3 is 0 Å². The molecular weight excluding hydrogens is 120 g/mol. The first-order chi connectivity index (χ1) is 3.88. The molecule has 2 aliphatic heterocycles. The average molecular weight is 128 g/mol. The van der Waals surface area contributed by atoms with Crippen molar-refractivity contribution in [3.8, 4) is 0 Å². The lowest BCUT2D eigenvalue weighted by Gasteiger charge is -1.96. The Morgan fingerprint density at radius 2 is 2.62 bits per heavy atom. The second kappa shape index (κ2) is 1.44. The maximum Gasteiger partial charge on any atom is 0.0519 e. The Balaban J connectivity index is 2.44. The number of hydrogen-bond acceptors (Lipinski definition) is 1. The summed E-state index contributed by atoms with van der Waals surface area (Å²) >= 11 is 0. The lowest BCUT2D eigenvalue weighted by Crippen LogP contribution is -2.00. The summed E-state index contributed by atoms with van der Waals surface area (Å²) in [5.74, 6) is 0. The van der Waals surface area contributed by atoms with E-state index in [9.17, 15) is 4.21 Å². The SMILES string of the molecule is O=S1C2=CCC1CC2. The van der Waals surface area contributed by atoms with Gasteiger partial charge in [0, 0.05) is 10.2 Å². The number of rotatable bonds is 0. The highest BCUT2D eigenvalue weighted by molar-refractivity contribution is 7.90. The van der Waals surface area contributed by atoms with Gasteiger partial charge in [-0.1, -0.05) is 6.08 Å². The van der Waals surface area contributed by atoms with Gasteiger partial charge in [0.2, 0.25) is 0 Å². The van der Waals surface area contributed by atoms with Gasteiger partial charge in [-0.05, 0) is 19.3 Å². The second-order valence-electron chi connectivity index (χ2n) is 2.36. The largest absolute Gasteiger partial charge is 0.254 e. The Labute approximate surface area is 51.2 Å². The second-order valence-corrected chi connectivity index (χ2v) is 4.15. The van der Waals surface area contributed by atoms with Crippen molar-refractivity contribution in [2.24, 2.45) is 0 Å². The molecule has 1 fully saturated rings. The first-order valence-corrected chi connectivity index (χ1v) is 4.19. The molecule has 2 heterocycles. The highest BCUT2D eigenvalue weighted by atomic mass is 32.2. The number of allylic oxidation sites excluding steroid dienone is 2. The molecule has 2 heteroatoms. The third-order valence-corrected chi connectivity index (χ3v) is 3.80. The van der Waals surface area contributed by atoms with Crippen molar-refractivity contribution < 1.29 is 4.21 Å². The molecule has 0 aromatic heterocycles. The van der Waals surface area contributed by atoms with Crippen molar-refractivity contribution in [1.82, 2.24) is 0 Å². The van der Waals surface area contributed by atoms with Gasteiger partial charge in [-0.15, -0.1) is 0 Å². The fraction of sp³-hybridized carbons (Fsp3) is 0.667. The lowest BCUT2D eigenvalue weighted by molar-refractivity contribution is 0.678. The van der Waals surface area contributed by atoms with Gasteiger partial charge in [-0.2, -0.15) is 0 Å². The molecule has 0 radical (unpaired) electrons. The van der Waals surface area contributed by atoms with Gasteiger partial charge in [-0.3, -0.25) is 4.21 Å². The third kappa shape index (κ3) is 0.440. The average Bonchev–Trinajstić information content (AvgIpc) is 2.29. The van der Waals surface area contributed by atoms with Crippen LogP contribution in [-0.4, -0.2) is 9.46 Å². The van der Waals surface area contributed by atoms with Crippen molar-refractivity contribution in [2.75, 3.05) is 0 Å². The van der Waals surface area contributed by atoms with Crippen LogP contribution in [0.5, 0.6) is 0 Å². The molecule has 0 aromatic carbocycles. The van der Waals surface area contributed by atoms with Gasteiger partial charge in [0.25, 0.3) is 0 Å². The molecule has 0 amide bonds. The Kier molecular flexibility index (Phi) is 0.852. The van der Waals surface area contributed by atoms with E-state index >= 15 is 0 Å². The monoisotopic (exact) mass is 128 g/mol. The molecule has 44 valence electrons. The van der Waals surface area contributed by atoms with Crippen molar-refractivity contribution in [2.45, 2.75) is 24.5 Å². The molecular formula is C6H8OS. The molecule has 2 aliphatic rings. The third-order valence-electron chi connectivity index (χ3n) is 1.88. The Morgan fingerprint density at radius 1 is 1.75 bits per heavy atom. The van der Waals surface area contributed by atoms with Crippen LogP contribution in [0.2, 0.25) is 0 Å². The molecule has 0 aliphatic carbocycles. The molecule has 1 saturated heterocycles. The summed E-state index contributed by atoms with van der Waals surface area (Å²) in [5, 5.41) is 0.519. The van der Waals surface area contributed by atoms with Gasteiger partial charge >= 0.3 is 0 Å². The van der Waals surface area contributed by atoms with E-state index in [0.717, 1.165) is 12.8 Å². The molecule has 1 nitrogen and oxygen atoms in total. The molecule has 2 rings (SSSR count). The van der Waals surface area contributed by atoms with E-state index in [-0.39, 0.29) is 0 Å². The minimum absolute atomic E-state index is 0.519. The summed E-state index contributed by atoms with van der Waals surface area (Å²) in [7, 11) is -0.540. The van der Waals surface area contributed by atoms with Crippen LogP contribution in [0.3, 0.4) is 0 Å². The molecule has 2 atom stereocenters. The summed E-state index contributed by atoms with van der Waals surface area (Å²) in [5.41, 5.74) is 0. The van der Waals surface area contributed by atoms with Gasteiger partial charge in [0.1, 0.15) is 0 Å². The standard InChI is InChI=1S/C6H8OS/c7-8-5-1-2-6(8)4-3-5/h1,6H,2-4H2. The Hall–Kier alpha value is -0.110. The van der Waals surface area contributed by atoms with Crippen LogP contribution in [-0.2, 0) is 10.8 Å². The minimum Gasteiger partial charge on any atom is -0.254 e. The normalized spacial score (nSPS) is 42.8. The van der Waals surface area contributed by atoms with Crippen LogP contribution in [0.15, 0.2) is 11.0 Å². The van der Waals surface area contributed by atoms with Crippen LogP contribution in [0.1, 0.15) is 19.3 Å². The predicted molar refractivity (Wildman–Crippen MR) is 33.9 cm³/mol. The molecule has 0 N–H and O–H groups in total. The maximum absolute atomic E-state index is 11.0. The van der Waals surface area contributed by atoms with E-state index in [0.29, 0.717) is 5.25 Å². The van der Waals surface area contributed by atoms with E-state index in [1.807, 2.05) is 0 Å². The zero-order valence-corrected chi connectivity index (χ0v) is 5.41. The summed E-state index contributed by atoms with van der Waals surface area (Å²) in [6.45, 7) is 0. The van der Waals surface area contributed by atoms with Crippen LogP contribution < -0.4 is 0 Å². The van der Waals surface area contributed by atoms with E-state index < -0.39 is 10.8 Å². The smallest absolute Gasteiger partial charge is 0.0519 e. The van der Waals surface area contributed by atoms with Gasteiger partial charge in [-0.25, -0.2) is 0 Å². The highest BCUT2D eigenvalue weighted by Crippen LogP contribution is 2.35. The summed E-state index contributed by atoms with van der Waals surface area (Å²) in [4.78, 5) is 1.22. The first kappa shape index (κ1) is 4.74. The minimum atomic E-state index is -0.540. The fourth-order valence-corrected chi connectivity index (χ4v) is 2.99. The van der Waals surface area contributed by atoms with Crippen LogP contribution in [0.4, 0.5) is 0 Å². The molecule has 2 unspecified atom stereocenters. The van der Waals surface area contributed by atoms with E-state index in [1.54, 1.807) is 0 Å². The molecule has 0 saturated carbocycles. The van der Waals surface area contributed by atoms with Gasteiger partial charge in [0.05, 0.1) is 10.8 Å². The van der Waals surface area contributed by atoms with E-state index in [1.165, 1.54) is 11.3 Å². The summed E-state index contributed by atoms with van der Waals surface area (Å²) in [6, 6.07) is 0. The van der Waals surface area contributed by atoms with E-state index in [2.05, 4.69) is 6.08 Å². The first-order valence-electron chi connectivity index (χ1n) is 2.97. The lowest BCUT2D eigenvalue weighted by atomic mass is 10.1. The van der Waals surface area contributed by atoms with Crippen LogP contribution in [0, 0.1) is 0 Å². The number of hydrogen-bond donors (Lipinski definition) is 0. The van der Waals surface area contributed by atoms with Crippen molar-refractivity contribution >= 4 is 10.8 Å². The molecule has 0 spiro atoms. The molecule has 0 aromatic rings. The van der Waals surface area contributed by atoms with Crippen molar-refractivity contribution in [3.63, 3.8) is 0 Å². The molecule has 8 heavy (non-hydrogen) atoms. The number of fused-ring (bicyclic) bond motifs is 2. The molecule has 2 bridgehead atoms. The summed E-state index contributed by atoms with van der Waals surface area (Å²) in [6.07, 6.45) is 5.52. The maximum atomic E-state index is 11.0. The zero-order valence-electron chi connectivity index (χ0n) is 4.59. The summed E-state index contributed by atoms with van der Waals surface area (Å²) < 4.78 is 11.0. The van der Waals surface area contributed by atoms with Gasteiger partial charge in [0.15, 0.2) is 0 Å². The van der Waals surface area contributed by atoms with Crippen molar-refractivity contribution in [1.29, 1.82) is 0 Å². The van der Waals surface area contributed by atoms with E-state index in [4.69, 9.17) is 0 Å². The van der Waals surface area contributed by atoms with Crippen molar-refractivity contribution in [3.05, 3.63) is 11.0 Å². The Bertz CT molecular complexity index is 171. The fourth-order valence-electron chi connectivity index (χ4n) is 1.38. The van der Waals surface area contributed by atoms with Crippen LogP contribution >= 0.6 is 0 Å². The zero-order chi connectivity index (χ0) is 5.56.